The zero-order chi connectivity index (χ0) is 24.5. The Morgan fingerprint density at radius 2 is 1.57 bits per heavy atom. The second-order valence-corrected chi connectivity index (χ2v) is 8.27. The zero-order valence-electron chi connectivity index (χ0n) is 19.6. The van der Waals surface area contributed by atoms with Crippen LogP contribution in [0.15, 0.2) is 95.9 Å². The van der Waals surface area contributed by atoms with Gasteiger partial charge in [0.1, 0.15) is 17.3 Å². The van der Waals surface area contributed by atoms with Crippen LogP contribution in [-0.4, -0.2) is 28.5 Å². The Morgan fingerprint density at radius 3 is 2.26 bits per heavy atom. The monoisotopic (exact) mass is 466 g/mol. The SMILES string of the molecule is N=C(N)c1ccc(CNCCn2c(-c3ccccc3)ncc(NCCc3ccccc3)c2=O)cc1. The van der Waals surface area contributed by atoms with E-state index < -0.39 is 0 Å². The molecule has 0 aliphatic carbocycles. The summed E-state index contributed by atoms with van der Waals surface area (Å²) in [5.41, 5.74) is 9.85. The van der Waals surface area contributed by atoms with Crippen molar-refractivity contribution in [2.24, 2.45) is 5.73 Å². The standard InChI is InChI=1S/C28H30N6O/c29-26(30)23-13-11-22(12-14-23)19-31-17-18-34-27(24-9-5-2-6-10-24)33-20-25(28(34)35)32-16-15-21-7-3-1-4-8-21/h1-14,20,31-32H,15-19H2,(H3,29,30). The summed E-state index contributed by atoms with van der Waals surface area (Å²) < 4.78 is 1.73. The van der Waals surface area contributed by atoms with E-state index >= 15 is 0 Å². The van der Waals surface area contributed by atoms with Gasteiger partial charge in [0.25, 0.3) is 5.56 Å². The van der Waals surface area contributed by atoms with Crippen LogP contribution in [0.3, 0.4) is 0 Å². The van der Waals surface area contributed by atoms with Crippen LogP contribution in [-0.2, 0) is 19.5 Å². The van der Waals surface area contributed by atoms with Crippen molar-refractivity contribution in [2.45, 2.75) is 19.5 Å². The summed E-state index contributed by atoms with van der Waals surface area (Å²) in [5, 5.41) is 14.2. The second-order valence-electron chi connectivity index (χ2n) is 8.27. The normalized spacial score (nSPS) is 10.7. The molecule has 178 valence electrons. The number of nitrogens with two attached hydrogens (primary N) is 1. The third kappa shape index (κ3) is 6.43. The Morgan fingerprint density at radius 1 is 0.886 bits per heavy atom. The maximum atomic E-state index is 13.4. The lowest BCUT2D eigenvalue weighted by Crippen LogP contribution is -2.30. The van der Waals surface area contributed by atoms with Gasteiger partial charge < -0.3 is 16.4 Å². The van der Waals surface area contributed by atoms with Gasteiger partial charge in [0.05, 0.1) is 6.20 Å². The summed E-state index contributed by atoms with van der Waals surface area (Å²) in [4.78, 5) is 18.0. The number of amidine groups is 1. The van der Waals surface area contributed by atoms with Crippen molar-refractivity contribution in [1.29, 1.82) is 5.41 Å². The lowest BCUT2D eigenvalue weighted by atomic mass is 10.1. The lowest BCUT2D eigenvalue weighted by molar-refractivity contribution is 0.584. The number of hydrogen-bond acceptors (Lipinski definition) is 5. The number of hydrogen-bond donors (Lipinski definition) is 4. The van der Waals surface area contributed by atoms with Crippen molar-refractivity contribution < 1.29 is 0 Å². The van der Waals surface area contributed by atoms with Crippen molar-refractivity contribution >= 4 is 11.5 Å². The fraction of sp³-hybridized carbons (Fsp3) is 0.179. The summed E-state index contributed by atoms with van der Waals surface area (Å²) in [7, 11) is 0. The smallest absolute Gasteiger partial charge is 0.277 e. The third-order valence-electron chi connectivity index (χ3n) is 5.76. The van der Waals surface area contributed by atoms with E-state index in [4.69, 9.17) is 11.1 Å². The lowest BCUT2D eigenvalue weighted by Gasteiger charge is -2.15. The van der Waals surface area contributed by atoms with Gasteiger partial charge in [0.2, 0.25) is 0 Å². The number of aromatic nitrogens is 2. The molecule has 0 saturated carbocycles. The molecule has 7 nitrogen and oxygen atoms in total. The molecule has 7 heteroatoms. The molecule has 5 N–H and O–H groups in total. The van der Waals surface area contributed by atoms with E-state index in [1.807, 2.05) is 72.8 Å². The Balaban J connectivity index is 1.45. The Kier molecular flexibility index (Phi) is 8.04. The first-order valence-corrected chi connectivity index (χ1v) is 11.7. The molecule has 0 atom stereocenters. The first-order valence-electron chi connectivity index (χ1n) is 11.7. The van der Waals surface area contributed by atoms with Gasteiger partial charge in [-0.15, -0.1) is 0 Å². The molecule has 1 heterocycles. The van der Waals surface area contributed by atoms with E-state index in [1.165, 1.54) is 5.56 Å². The number of nitrogen functional groups attached to an aromatic ring is 1. The van der Waals surface area contributed by atoms with Gasteiger partial charge in [0, 0.05) is 37.3 Å². The fourth-order valence-corrected chi connectivity index (χ4v) is 3.85. The van der Waals surface area contributed by atoms with Gasteiger partial charge in [-0.05, 0) is 17.5 Å². The second kappa shape index (κ2) is 11.8. The van der Waals surface area contributed by atoms with Gasteiger partial charge in [-0.1, -0.05) is 84.9 Å². The van der Waals surface area contributed by atoms with E-state index in [-0.39, 0.29) is 11.4 Å². The van der Waals surface area contributed by atoms with Gasteiger partial charge in [-0.2, -0.15) is 0 Å². The highest BCUT2D eigenvalue weighted by atomic mass is 16.1. The number of benzene rings is 3. The molecule has 0 saturated heterocycles. The first-order chi connectivity index (χ1) is 17.1. The van der Waals surface area contributed by atoms with E-state index in [9.17, 15) is 4.79 Å². The highest BCUT2D eigenvalue weighted by molar-refractivity contribution is 5.94. The molecular weight excluding hydrogens is 436 g/mol. The molecule has 0 aliphatic heterocycles. The summed E-state index contributed by atoms with van der Waals surface area (Å²) in [5.74, 6) is 0.707. The molecule has 0 radical (unpaired) electrons. The zero-order valence-corrected chi connectivity index (χ0v) is 19.6. The molecular formula is C28H30N6O. The molecule has 4 rings (SSSR count). The maximum absolute atomic E-state index is 13.4. The van der Waals surface area contributed by atoms with Crippen LogP contribution in [0.5, 0.6) is 0 Å². The Bertz CT molecular complexity index is 1300. The number of nitrogens with zero attached hydrogens (tertiary/aromatic N) is 2. The van der Waals surface area contributed by atoms with E-state index in [0.717, 1.165) is 17.5 Å². The summed E-state index contributed by atoms with van der Waals surface area (Å²) in [6, 6.07) is 27.5. The molecule has 0 bridgehead atoms. The van der Waals surface area contributed by atoms with Gasteiger partial charge >= 0.3 is 0 Å². The maximum Gasteiger partial charge on any atom is 0.277 e. The van der Waals surface area contributed by atoms with Crippen molar-refractivity contribution in [1.82, 2.24) is 14.9 Å². The van der Waals surface area contributed by atoms with Crippen LogP contribution in [0.2, 0.25) is 0 Å². The van der Waals surface area contributed by atoms with Gasteiger partial charge in [0.15, 0.2) is 0 Å². The van der Waals surface area contributed by atoms with E-state index in [1.54, 1.807) is 10.8 Å². The molecule has 1 aromatic heterocycles. The van der Waals surface area contributed by atoms with E-state index in [0.29, 0.717) is 43.3 Å². The van der Waals surface area contributed by atoms with Crippen molar-refractivity contribution in [3.8, 4) is 11.4 Å². The molecule has 0 spiro atoms. The van der Waals surface area contributed by atoms with Crippen molar-refractivity contribution in [2.75, 3.05) is 18.4 Å². The predicted octanol–water partition coefficient (Wildman–Crippen LogP) is 3.64. The molecule has 0 fully saturated rings. The highest BCUT2D eigenvalue weighted by Crippen LogP contribution is 2.16. The van der Waals surface area contributed by atoms with Gasteiger partial charge in [-0.3, -0.25) is 14.8 Å². The molecule has 0 aliphatic rings. The quantitative estimate of drug-likeness (QED) is 0.153. The molecule has 35 heavy (non-hydrogen) atoms. The average molecular weight is 467 g/mol. The van der Waals surface area contributed by atoms with Crippen LogP contribution in [0, 0.1) is 5.41 Å². The largest absolute Gasteiger partial charge is 0.384 e. The molecule has 3 aromatic carbocycles. The topological polar surface area (TPSA) is 109 Å². The summed E-state index contributed by atoms with van der Waals surface area (Å²) in [6.45, 7) is 2.38. The number of nitrogens with one attached hydrogen (secondary N) is 3. The first kappa shape index (κ1) is 23.9. The minimum absolute atomic E-state index is 0.0575. The van der Waals surface area contributed by atoms with Crippen LogP contribution in [0.1, 0.15) is 16.7 Å². The van der Waals surface area contributed by atoms with Crippen LogP contribution in [0.4, 0.5) is 5.69 Å². The van der Waals surface area contributed by atoms with Crippen LogP contribution >= 0.6 is 0 Å². The fourth-order valence-electron chi connectivity index (χ4n) is 3.85. The Labute approximate surface area is 205 Å². The molecule has 0 amide bonds. The highest BCUT2D eigenvalue weighted by Gasteiger charge is 2.12. The predicted molar refractivity (Wildman–Crippen MR) is 142 cm³/mol. The van der Waals surface area contributed by atoms with Gasteiger partial charge in [-0.25, -0.2) is 4.98 Å². The number of rotatable bonds is 11. The van der Waals surface area contributed by atoms with Crippen molar-refractivity contribution in [3.63, 3.8) is 0 Å². The number of anilines is 1. The Hall–Kier alpha value is -4.23. The summed E-state index contributed by atoms with van der Waals surface area (Å²) in [6.07, 6.45) is 2.46. The minimum atomic E-state index is -0.0838. The minimum Gasteiger partial charge on any atom is -0.384 e. The van der Waals surface area contributed by atoms with Crippen LogP contribution in [0.25, 0.3) is 11.4 Å². The van der Waals surface area contributed by atoms with E-state index in [2.05, 4.69) is 27.8 Å². The third-order valence-corrected chi connectivity index (χ3v) is 5.76. The molecule has 0 unspecified atom stereocenters. The average Bonchev–Trinajstić information content (AvgIpc) is 2.89. The molecule has 4 aromatic rings. The van der Waals surface area contributed by atoms with Crippen LogP contribution < -0.4 is 21.9 Å². The van der Waals surface area contributed by atoms with Crippen molar-refractivity contribution in [3.05, 3.63) is 118 Å². The summed E-state index contributed by atoms with van der Waals surface area (Å²) >= 11 is 0.